The number of nitrogens with one attached hydrogen (secondary N) is 1. The highest BCUT2D eigenvalue weighted by Crippen LogP contribution is 2.11. The van der Waals surface area contributed by atoms with Crippen molar-refractivity contribution in [2.75, 3.05) is 12.3 Å². The van der Waals surface area contributed by atoms with Gasteiger partial charge in [0.15, 0.2) is 0 Å². The van der Waals surface area contributed by atoms with E-state index >= 15 is 0 Å². The maximum Gasteiger partial charge on any atom is 0.254 e. The predicted molar refractivity (Wildman–Crippen MR) is 57.9 cm³/mol. The normalized spacial score (nSPS) is 11.6. The lowest BCUT2D eigenvalue weighted by atomic mass is 10.1. The number of nitriles is 1. The van der Waals surface area contributed by atoms with Crippen LogP contribution in [0.4, 0.5) is 10.1 Å². The lowest BCUT2D eigenvalue weighted by Crippen LogP contribution is -2.28. The molecule has 0 fully saturated rings. The molecule has 84 valence electrons. The molecule has 0 bridgehead atoms. The van der Waals surface area contributed by atoms with Crippen molar-refractivity contribution in [1.29, 1.82) is 5.26 Å². The number of hydrogen-bond acceptors (Lipinski definition) is 3. The molecule has 0 aliphatic rings. The number of hydrogen-bond donors (Lipinski definition) is 2. The zero-order valence-electron chi connectivity index (χ0n) is 8.83. The number of benzene rings is 1. The third-order valence-electron chi connectivity index (χ3n) is 2.03. The summed E-state index contributed by atoms with van der Waals surface area (Å²) in [6, 6.07) is 5.82. The summed E-state index contributed by atoms with van der Waals surface area (Å²) >= 11 is 0. The summed E-state index contributed by atoms with van der Waals surface area (Å²) in [7, 11) is 0. The number of anilines is 1. The van der Waals surface area contributed by atoms with Crippen LogP contribution < -0.4 is 11.1 Å². The highest BCUT2D eigenvalue weighted by molar-refractivity contribution is 5.94. The zero-order chi connectivity index (χ0) is 12.1. The summed E-state index contributed by atoms with van der Waals surface area (Å²) in [5.41, 5.74) is 5.55. The molecule has 0 radical (unpaired) electrons. The quantitative estimate of drug-likeness (QED) is 0.755. The average Bonchev–Trinajstić information content (AvgIpc) is 2.25. The number of nitrogen functional groups attached to an aromatic ring is 1. The minimum Gasteiger partial charge on any atom is -0.399 e. The molecule has 5 heteroatoms. The van der Waals surface area contributed by atoms with Gasteiger partial charge in [-0.1, -0.05) is 0 Å². The highest BCUT2D eigenvalue weighted by Gasteiger charge is 2.12. The van der Waals surface area contributed by atoms with Crippen LogP contribution >= 0.6 is 0 Å². The Bertz CT molecular complexity index is 439. The molecule has 3 N–H and O–H groups in total. The molecule has 1 aromatic rings. The molecule has 4 nitrogen and oxygen atoms in total. The van der Waals surface area contributed by atoms with Crippen LogP contribution in [0.25, 0.3) is 0 Å². The van der Waals surface area contributed by atoms with Gasteiger partial charge in [0.05, 0.1) is 17.6 Å². The molecule has 1 unspecified atom stereocenters. The van der Waals surface area contributed by atoms with E-state index in [9.17, 15) is 9.18 Å². The average molecular weight is 221 g/mol. The lowest BCUT2D eigenvalue weighted by Gasteiger charge is -2.07. The molecule has 0 saturated heterocycles. The van der Waals surface area contributed by atoms with Crippen LogP contribution in [0, 0.1) is 23.1 Å². The molecule has 1 atom stereocenters. The van der Waals surface area contributed by atoms with Crippen molar-refractivity contribution in [2.45, 2.75) is 6.92 Å². The first-order valence-corrected chi connectivity index (χ1v) is 4.77. The molecule has 0 aliphatic carbocycles. The summed E-state index contributed by atoms with van der Waals surface area (Å²) in [5, 5.41) is 11.0. The number of halogens is 1. The van der Waals surface area contributed by atoms with Gasteiger partial charge in [-0.3, -0.25) is 4.79 Å². The van der Waals surface area contributed by atoms with E-state index in [1.165, 1.54) is 12.1 Å². The van der Waals surface area contributed by atoms with Crippen LogP contribution in [0.2, 0.25) is 0 Å². The Kier molecular flexibility index (Phi) is 3.84. The lowest BCUT2D eigenvalue weighted by molar-refractivity contribution is 0.0947. The van der Waals surface area contributed by atoms with Gasteiger partial charge >= 0.3 is 0 Å². The van der Waals surface area contributed by atoms with E-state index in [0.29, 0.717) is 0 Å². The second-order valence-electron chi connectivity index (χ2n) is 3.48. The van der Waals surface area contributed by atoms with Crippen LogP contribution in [-0.4, -0.2) is 12.5 Å². The SMILES string of the molecule is CC(C#N)CNC(=O)c1ccc(N)cc1F. The summed E-state index contributed by atoms with van der Waals surface area (Å²) < 4.78 is 13.3. The van der Waals surface area contributed by atoms with E-state index < -0.39 is 11.7 Å². The van der Waals surface area contributed by atoms with Crippen LogP contribution in [0.15, 0.2) is 18.2 Å². The van der Waals surface area contributed by atoms with Crippen molar-refractivity contribution in [3.05, 3.63) is 29.6 Å². The summed E-state index contributed by atoms with van der Waals surface area (Å²) in [6.45, 7) is 1.86. The summed E-state index contributed by atoms with van der Waals surface area (Å²) in [5.74, 6) is -1.51. The first kappa shape index (κ1) is 12.0. The van der Waals surface area contributed by atoms with E-state index in [0.717, 1.165) is 6.07 Å². The van der Waals surface area contributed by atoms with Gasteiger partial charge < -0.3 is 11.1 Å². The van der Waals surface area contributed by atoms with Crippen LogP contribution in [0.3, 0.4) is 0 Å². The van der Waals surface area contributed by atoms with Gasteiger partial charge in [-0.05, 0) is 25.1 Å². The first-order chi connectivity index (χ1) is 7.54. The third-order valence-corrected chi connectivity index (χ3v) is 2.03. The van der Waals surface area contributed by atoms with Crippen LogP contribution in [0.5, 0.6) is 0 Å². The van der Waals surface area contributed by atoms with Crippen LogP contribution in [-0.2, 0) is 0 Å². The fourth-order valence-corrected chi connectivity index (χ4v) is 1.10. The second kappa shape index (κ2) is 5.12. The standard InChI is InChI=1S/C11H12FN3O/c1-7(5-13)6-15-11(16)9-3-2-8(14)4-10(9)12/h2-4,7H,6,14H2,1H3,(H,15,16). The van der Waals surface area contributed by atoms with Gasteiger partial charge in [0.25, 0.3) is 5.91 Å². The molecule has 1 rings (SSSR count). The molecule has 0 heterocycles. The van der Waals surface area contributed by atoms with E-state index in [1.807, 2.05) is 6.07 Å². The summed E-state index contributed by atoms with van der Waals surface area (Å²) in [4.78, 5) is 11.5. The van der Waals surface area contributed by atoms with Crippen LogP contribution in [0.1, 0.15) is 17.3 Å². The van der Waals surface area contributed by atoms with Gasteiger partial charge in [-0.2, -0.15) is 5.26 Å². The molecule has 0 aliphatic heterocycles. The van der Waals surface area contributed by atoms with Crippen molar-refractivity contribution >= 4 is 11.6 Å². The zero-order valence-corrected chi connectivity index (χ0v) is 8.83. The molecular weight excluding hydrogens is 209 g/mol. The van der Waals surface area contributed by atoms with E-state index in [4.69, 9.17) is 11.0 Å². The maximum absolute atomic E-state index is 13.3. The Balaban J connectivity index is 2.71. The largest absolute Gasteiger partial charge is 0.399 e. The monoisotopic (exact) mass is 221 g/mol. The molecule has 0 aromatic heterocycles. The minimum absolute atomic E-state index is 0.0701. The molecule has 1 amide bonds. The molecule has 0 saturated carbocycles. The number of carbonyl (C=O) groups is 1. The Morgan fingerprint density at radius 2 is 2.38 bits per heavy atom. The van der Waals surface area contributed by atoms with Crippen molar-refractivity contribution in [3.8, 4) is 6.07 Å². The third kappa shape index (κ3) is 2.95. The number of amides is 1. The first-order valence-electron chi connectivity index (χ1n) is 4.77. The smallest absolute Gasteiger partial charge is 0.254 e. The Morgan fingerprint density at radius 3 is 2.94 bits per heavy atom. The van der Waals surface area contributed by atoms with E-state index in [1.54, 1.807) is 6.92 Å². The van der Waals surface area contributed by atoms with Gasteiger partial charge in [0, 0.05) is 12.2 Å². The fraction of sp³-hybridized carbons (Fsp3) is 0.273. The number of nitrogens with zero attached hydrogens (tertiary/aromatic N) is 1. The maximum atomic E-state index is 13.3. The number of nitrogens with two attached hydrogens (primary N) is 1. The van der Waals surface area contributed by atoms with Gasteiger partial charge in [0.2, 0.25) is 0 Å². The van der Waals surface area contributed by atoms with Gasteiger partial charge in [-0.25, -0.2) is 4.39 Å². The number of carbonyl (C=O) groups excluding carboxylic acids is 1. The Hall–Kier alpha value is -2.09. The summed E-state index contributed by atoms with van der Waals surface area (Å²) in [6.07, 6.45) is 0. The molecule has 16 heavy (non-hydrogen) atoms. The van der Waals surface area contributed by atoms with E-state index in [-0.39, 0.29) is 23.7 Å². The topological polar surface area (TPSA) is 78.9 Å². The second-order valence-corrected chi connectivity index (χ2v) is 3.48. The molecule has 1 aromatic carbocycles. The predicted octanol–water partition coefficient (Wildman–Crippen LogP) is 1.30. The Labute approximate surface area is 92.9 Å². The molecule has 0 spiro atoms. The van der Waals surface area contributed by atoms with Crippen molar-refractivity contribution in [1.82, 2.24) is 5.32 Å². The van der Waals surface area contributed by atoms with Crippen molar-refractivity contribution < 1.29 is 9.18 Å². The van der Waals surface area contributed by atoms with Gasteiger partial charge in [-0.15, -0.1) is 0 Å². The van der Waals surface area contributed by atoms with E-state index in [2.05, 4.69) is 5.32 Å². The van der Waals surface area contributed by atoms with Crippen molar-refractivity contribution in [3.63, 3.8) is 0 Å². The fourth-order valence-electron chi connectivity index (χ4n) is 1.10. The minimum atomic E-state index is -0.665. The highest BCUT2D eigenvalue weighted by atomic mass is 19.1. The van der Waals surface area contributed by atoms with Gasteiger partial charge in [0.1, 0.15) is 5.82 Å². The molecular formula is C11H12FN3O. The Morgan fingerprint density at radius 1 is 1.69 bits per heavy atom. The number of rotatable bonds is 3. The van der Waals surface area contributed by atoms with Crippen molar-refractivity contribution in [2.24, 2.45) is 5.92 Å².